The summed E-state index contributed by atoms with van der Waals surface area (Å²) in [6.45, 7) is 3.54. The molecular weight excluding hydrogens is 280 g/mol. The van der Waals surface area contributed by atoms with Crippen molar-refractivity contribution in [3.63, 3.8) is 0 Å². The fourth-order valence-electron chi connectivity index (χ4n) is 3.60. The normalized spacial score (nSPS) is 20.0. The van der Waals surface area contributed by atoms with Crippen LogP contribution < -0.4 is 4.90 Å². The monoisotopic (exact) mass is 300 g/mol. The highest BCUT2D eigenvalue weighted by Crippen LogP contribution is 2.31. The molecule has 1 aromatic rings. The average molecular weight is 300 g/mol. The van der Waals surface area contributed by atoms with Gasteiger partial charge in [-0.2, -0.15) is 5.26 Å². The summed E-state index contributed by atoms with van der Waals surface area (Å²) in [5, 5.41) is 20.2. The van der Waals surface area contributed by atoms with Gasteiger partial charge in [0.25, 0.3) is 5.69 Å². The number of nitrogens with zero attached hydrogens (tertiary/aromatic N) is 4. The fraction of sp³-hybridized carbons (Fsp3) is 0.562. The van der Waals surface area contributed by atoms with Crippen molar-refractivity contribution in [3.05, 3.63) is 33.9 Å². The third-order valence-corrected chi connectivity index (χ3v) is 4.80. The molecule has 6 nitrogen and oxygen atoms in total. The van der Waals surface area contributed by atoms with E-state index in [1.54, 1.807) is 12.1 Å². The molecule has 0 N–H and O–H groups in total. The lowest BCUT2D eigenvalue weighted by molar-refractivity contribution is -0.384. The van der Waals surface area contributed by atoms with Crippen LogP contribution in [0.3, 0.4) is 0 Å². The number of nitriles is 1. The molecule has 1 saturated heterocycles. The van der Waals surface area contributed by atoms with Gasteiger partial charge in [-0.1, -0.05) is 12.8 Å². The number of rotatable bonds is 3. The van der Waals surface area contributed by atoms with E-state index >= 15 is 0 Å². The molecule has 1 heterocycles. The van der Waals surface area contributed by atoms with E-state index in [0.717, 1.165) is 26.2 Å². The lowest BCUT2D eigenvalue weighted by atomic mass is 10.1. The molecule has 0 radical (unpaired) electrons. The number of anilines is 1. The molecule has 2 fully saturated rings. The second kappa shape index (κ2) is 6.32. The first-order valence-electron chi connectivity index (χ1n) is 7.86. The molecule has 116 valence electrons. The largest absolute Gasteiger partial charge is 0.363 e. The smallest absolute Gasteiger partial charge is 0.293 e. The summed E-state index contributed by atoms with van der Waals surface area (Å²) < 4.78 is 0. The second-order valence-electron chi connectivity index (χ2n) is 6.03. The van der Waals surface area contributed by atoms with Gasteiger partial charge in [-0.25, -0.2) is 0 Å². The zero-order chi connectivity index (χ0) is 15.5. The van der Waals surface area contributed by atoms with Crippen LogP contribution in [0.5, 0.6) is 0 Å². The predicted molar refractivity (Wildman–Crippen MR) is 83.9 cm³/mol. The van der Waals surface area contributed by atoms with E-state index in [9.17, 15) is 10.1 Å². The van der Waals surface area contributed by atoms with E-state index in [-0.39, 0.29) is 10.6 Å². The van der Waals surface area contributed by atoms with Crippen LogP contribution >= 0.6 is 0 Å². The van der Waals surface area contributed by atoms with Gasteiger partial charge in [-0.3, -0.25) is 15.0 Å². The van der Waals surface area contributed by atoms with Crippen molar-refractivity contribution < 1.29 is 4.92 Å². The molecule has 0 unspecified atom stereocenters. The van der Waals surface area contributed by atoms with Gasteiger partial charge in [-0.15, -0.1) is 0 Å². The van der Waals surface area contributed by atoms with Crippen LogP contribution in [0.15, 0.2) is 18.2 Å². The van der Waals surface area contributed by atoms with Crippen molar-refractivity contribution in [1.29, 1.82) is 5.26 Å². The third-order valence-electron chi connectivity index (χ3n) is 4.80. The Kier molecular flexibility index (Phi) is 4.25. The van der Waals surface area contributed by atoms with Crippen molar-refractivity contribution in [1.82, 2.24) is 4.90 Å². The summed E-state index contributed by atoms with van der Waals surface area (Å²) in [5.74, 6) is 0. The summed E-state index contributed by atoms with van der Waals surface area (Å²) >= 11 is 0. The Labute approximate surface area is 130 Å². The van der Waals surface area contributed by atoms with Gasteiger partial charge < -0.3 is 4.90 Å². The minimum absolute atomic E-state index is 0.0355. The first-order chi connectivity index (χ1) is 10.7. The topological polar surface area (TPSA) is 73.4 Å². The van der Waals surface area contributed by atoms with Crippen molar-refractivity contribution in [2.45, 2.75) is 31.7 Å². The Morgan fingerprint density at radius 1 is 1.18 bits per heavy atom. The summed E-state index contributed by atoms with van der Waals surface area (Å²) in [6.07, 6.45) is 5.23. The summed E-state index contributed by atoms with van der Waals surface area (Å²) in [4.78, 5) is 15.5. The minimum Gasteiger partial charge on any atom is -0.363 e. The van der Waals surface area contributed by atoms with E-state index in [1.165, 1.54) is 31.7 Å². The van der Waals surface area contributed by atoms with Crippen molar-refractivity contribution in [3.8, 4) is 6.07 Å². The molecule has 0 amide bonds. The minimum atomic E-state index is -0.389. The molecule has 0 atom stereocenters. The zero-order valence-electron chi connectivity index (χ0n) is 12.6. The highest BCUT2D eigenvalue weighted by Gasteiger charge is 2.28. The summed E-state index contributed by atoms with van der Waals surface area (Å²) in [6, 6.07) is 7.41. The quantitative estimate of drug-likeness (QED) is 0.633. The average Bonchev–Trinajstić information content (AvgIpc) is 3.09. The Hall–Kier alpha value is -2.13. The van der Waals surface area contributed by atoms with E-state index in [1.807, 2.05) is 6.07 Å². The maximum absolute atomic E-state index is 11.3. The van der Waals surface area contributed by atoms with Crippen molar-refractivity contribution in [2.24, 2.45) is 0 Å². The van der Waals surface area contributed by atoms with Crippen LogP contribution in [0.1, 0.15) is 31.2 Å². The molecule has 0 spiro atoms. The molecule has 3 rings (SSSR count). The second-order valence-corrected chi connectivity index (χ2v) is 6.03. The van der Waals surface area contributed by atoms with Gasteiger partial charge in [0.2, 0.25) is 0 Å². The summed E-state index contributed by atoms with van der Waals surface area (Å²) in [5.41, 5.74) is 1.00. The van der Waals surface area contributed by atoms with E-state index in [2.05, 4.69) is 9.80 Å². The predicted octanol–water partition coefficient (Wildman–Crippen LogP) is 2.53. The Balaban J connectivity index is 1.73. The number of benzene rings is 1. The van der Waals surface area contributed by atoms with Crippen LogP contribution in [0.2, 0.25) is 0 Å². The van der Waals surface area contributed by atoms with Crippen molar-refractivity contribution in [2.75, 3.05) is 31.1 Å². The molecule has 0 bridgehead atoms. The third kappa shape index (κ3) is 2.90. The van der Waals surface area contributed by atoms with E-state index in [4.69, 9.17) is 5.26 Å². The molecule has 1 aliphatic heterocycles. The molecular formula is C16H20N4O2. The van der Waals surface area contributed by atoms with Crippen LogP contribution in [0, 0.1) is 21.4 Å². The highest BCUT2D eigenvalue weighted by molar-refractivity contribution is 5.65. The number of hydrogen-bond donors (Lipinski definition) is 0. The van der Waals surface area contributed by atoms with Gasteiger partial charge in [0, 0.05) is 38.3 Å². The number of nitro benzene ring substituents is 1. The molecule has 22 heavy (non-hydrogen) atoms. The SMILES string of the molecule is N#Cc1ccc(N2CCN(C3CCCC3)CC2)c([N+](=O)[O-])c1. The van der Waals surface area contributed by atoms with Crippen LogP contribution in [-0.4, -0.2) is 42.0 Å². The van der Waals surface area contributed by atoms with Crippen LogP contribution in [0.25, 0.3) is 0 Å². The molecule has 1 saturated carbocycles. The molecule has 0 aromatic heterocycles. The number of piperazine rings is 1. The Morgan fingerprint density at radius 3 is 2.45 bits per heavy atom. The van der Waals surface area contributed by atoms with Gasteiger partial charge >= 0.3 is 0 Å². The molecule has 1 aromatic carbocycles. The maximum Gasteiger partial charge on any atom is 0.293 e. The lowest BCUT2D eigenvalue weighted by Crippen LogP contribution is -2.49. The Bertz CT molecular complexity index is 597. The van der Waals surface area contributed by atoms with Gasteiger partial charge in [-0.05, 0) is 25.0 Å². The standard InChI is InChI=1S/C16H20N4O2/c17-12-13-5-6-15(16(11-13)20(21)22)19-9-7-18(8-10-19)14-3-1-2-4-14/h5-6,11,14H,1-4,7-10H2. The lowest BCUT2D eigenvalue weighted by Gasteiger charge is -2.38. The highest BCUT2D eigenvalue weighted by atomic mass is 16.6. The van der Waals surface area contributed by atoms with Crippen LogP contribution in [-0.2, 0) is 0 Å². The van der Waals surface area contributed by atoms with Gasteiger partial charge in [0.05, 0.1) is 16.6 Å². The zero-order valence-corrected chi connectivity index (χ0v) is 12.6. The fourth-order valence-corrected chi connectivity index (χ4v) is 3.60. The first-order valence-corrected chi connectivity index (χ1v) is 7.86. The van der Waals surface area contributed by atoms with E-state index in [0.29, 0.717) is 17.3 Å². The van der Waals surface area contributed by atoms with Gasteiger partial charge in [0.15, 0.2) is 0 Å². The van der Waals surface area contributed by atoms with Crippen molar-refractivity contribution >= 4 is 11.4 Å². The van der Waals surface area contributed by atoms with E-state index < -0.39 is 0 Å². The van der Waals surface area contributed by atoms with Crippen LogP contribution in [0.4, 0.5) is 11.4 Å². The molecule has 2 aliphatic rings. The number of nitro groups is 1. The Morgan fingerprint density at radius 2 is 1.86 bits per heavy atom. The maximum atomic E-state index is 11.3. The first kappa shape index (κ1) is 14.8. The number of hydrogen-bond acceptors (Lipinski definition) is 5. The summed E-state index contributed by atoms with van der Waals surface area (Å²) in [7, 11) is 0. The molecule has 1 aliphatic carbocycles. The van der Waals surface area contributed by atoms with Gasteiger partial charge in [0.1, 0.15) is 5.69 Å². The molecule has 6 heteroatoms.